The summed E-state index contributed by atoms with van der Waals surface area (Å²) in [6.07, 6.45) is 3.97. The summed E-state index contributed by atoms with van der Waals surface area (Å²) in [5.74, 6) is 1.11. The SMILES string of the molecule is Cc1cc(C(=O)CSc2nnc(-c3ccco3)o2)c(C)n1C[C@H]1CCCO1. The fourth-order valence-electron chi connectivity index (χ4n) is 3.33. The second-order valence-corrected chi connectivity index (χ2v) is 7.52. The molecule has 0 unspecified atom stereocenters. The normalized spacial score (nSPS) is 16.9. The van der Waals surface area contributed by atoms with E-state index in [0.717, 1.165) is 42.9 Å². The molecule has 0 amide bonds. The molecule has 8 heteroatoms. The molecule has 1 aliphatic rings. The number of aryl methyl sites for hydroxylation is 1. The van der Waals surface area contributed by atoms with E-state index in [4.69, 9.17) is 13.6 Å². The van der Waals surface area contributed by atoms with Gasteiger partial charge in [0.1, 0.15) is 0 Å². The van der Waals surface area contributed by atoms with Crippen molar-refractivity contribution in [1.29, 1.82) is 0 Å². The lowest BCUT2D eigenvalue weighted by Crippen LogP contribution is -2.17. The number of ketones is 1. The lowest BCUT2D eigenvalue weighted by atomic mass is 10.2. The van der Waals surface area contributed by atoms with Gasteiger partial charge in [-0.05, 0) is 44.9 Å². The number of carbonyl (C=O) groups is 1. The number of nitrogens with zero attached hydrogens (tertiary/aromatic N) is 3. The first-order chi connectivity index (χ1) is 13.1. The van der Waals surface area contributed by atoms with Gasteiger partial charge in [0.25, 0.3) is 11.1 Å². The minimum Gasteiger partial charge on any atom is -0.459 e. The van der Waals surface area contributed by atoms with Gasteiger partial charge in [0.15, 0.2) is 11.5 Å². The molecule has 142 valence electrons. The Hall–Kier alpha value is -2.32. The lowest BCUT2D eigenvalue weighted by molar-refractivity contribution is 0.0957. The predicted molar refractivity (Wildman–Crippen MR) is 99.9 cm³/mol. The molecule has 3 aromatic heterocycles. The minimum atomic E-state index is 0.0458. The number of thioether (sulfide) groups is 1. The van der Waals surface area contributed by atoms with Crippen molar-refractivity contribution in [3.8, 4) is 11.7 Å². The predicted octanol–water partition coefficient (Wildman–Crippen LogP) is 3.90. The van der Waals surface area contributed by atoms with Crippen molar-refractivity contribution in [3.63, 3.8) is 0 Å². The van der Waals surface area contributed by atoms with Crippen LogP contribution in [0.1, 0.15) is 34.6 Å². The average molecular weight is 387 g/mol. The number of aromatic nitrogens is 3. The Labute approximate surface area is 161 Å². The summed E-state index contributed by atoms with van der Waals surface area (Å²) in [6.45, 7) is 5.64. The van der Waals surface area contributed by atoms with Gasteiger partial charge in [-0.15, -0.1) is 10.2 Å². The summed E-state index contributed by atoms with van der Waals surface area (Å²) in [6, 6.07) is 5.45. The summed E-state index contributed by atoms with van der Waals surface area (Å²) in [5, 5.41) is 8.26. The number of hydrogen-bond donors (Lipinski definition) is 0. The zero-order valence-corrected chi connectivity index (χ0v) is 16.1. The van der Waals surface area contributed by atoms with Gasteiger partial charge >= 0.3 is 0 Å². The summed E-state index contributed by atoms with van der Waals surface area (Å²) in [4.78, 5) is 12.7. The summed E-state index contributed by atoms with van der Waals surface area (Å²) in [7, 11) is 0. The van der Waals surface area contributed by atoms with Crippen LogP contribution in [0.15, 0.2) is 38.5 Å². The molecule has 7 nitrogen and oxygen atoms in total. The van der Waals surface area contributed by atoms with Gasteiger partial charge in [-0.3, -0.25) is 4.79 Å². The van der Waals surface area contributed by atoms with Crippen LogP contribution < -0.4 is 0 Å². The smallest absolute Gasteiger partial charge is 0.284 e. The monoisotopic (exact) mass is 387 g/mol. The third-order valence-electron chi connectivity index (χ3n) is 4.75. The van der Waals surface area contributed by atoms with Gasteiger partial charge in [-0.2, -0.15) is 0 Å². The van der Waals surface area contributed by atoms with E-state index in [1.165, 1.54) is 11.8 Å². The highest BCUT2D eigenvalue weighted by Gasteiger charge is 2.21. The van der Waals surface area contributed by atoms with Gasteiger partial charge in [0.05, 0.1) is 18.1 Å². The third-order valence-corrected chi connectivity index (χ3v) is 5.57. The second-order valence-electron chi connectivity index (χ2n) is 6.59. The van der Waals surface area contributed by atoms with Crippen molar-refractivity contribution in [2.45, 2.75) is 44.6 Å². The summed E-state index contributed by atoms with van der Waals surface area (Å²) >= 11 is 1.23. The maximum absolute atomic E-state index is 12.7. The molecule has 0 N–H and O–H groups in total. The molecule has 0 aliphatic carbocycles. The van der Waals surface area contributed by atoms with Crippen molar-refractivity contribution in [2.24, 2.45) is 0 Å². The van der Waals surface area contributed by atoms with E-state index in [-0.39, 0.29) is 17.6 Å². The third kappa shape index (κ3) is 3.86. The molecule has 0 saturated carbocycles. The van der Waals surface area contributed by atoms with Crippen LogP contribution in [0.4, 0.5) is 0 Å². The van der Waals surface area contributed by atoms with Gasteiger partial charge in [0.2, 0.25) is 0 Å². The highest BCUT2D eigenvalue weighted by atomic mass is 32.2. The van der Waals surface area contributed by atoms with Crippen LogP contribution >= 0.6 is 11.8 Å². The maximum Gasteiger partial charge on any atom is 0.284 e. The van der Waals surface area contributed by atoms with E-state index in [1.54, 1.807) is 18.4 Å². The van der Waals surface area contributed by atoms with Crippen LogP contribution in [-0.4, -0.2) is 39.0 Å². The van der Waals surface area contributed by atoms with Crippen LogP contribution in [-0.2, 0) is 11.3 Å². The molecule has 3 aromatic rings. The molecule has 1 saturated heterocycles. The number of ether oxygens (including phenoxy) is 1. The van der Waals surface area contributed by atoms with E-state index in [9.17, 15) is 4.79 Å². The minimum absolute atomic E-state index is 0.0458. The Morgan fingerprint density at radius 2 is 2.26 bits per heavy atom. The highest BCUT2D eigenvalue weighted by Crippen LogP contribution is 2.26. The standard InChI is InChI=1S/C19H21N3O4S/c1-12-9-15(13(2)22(12)10-14-5-3-7-24-14)16(23)11-27-19-21-20-18(26-19)17-6-4-8-25-17/h4,6,8-9,14H,3,5,7,10-11H2,1-2H3/t14-/m1/s1. The van der Waals surface area contributed by atoms with Crippen molar-refractivity contribution < 1.29 is 18.4 Å². The molecule has 1 aliphatic heterocycles. The van der Waals surface area contributed by atoms with Crippen LogP contribution in [0.25, 0.3) is 11.7 Å². The maximum atomic E-state index is 12.7. The largest absolute Gasteiger partial charge is 0.459 e. The zero-order valence-electron chi connectivity index (χ0n) is 15.3. The van der Waals surface area contributed by atoms with E-state index in [2.05, 4.69) is 14.8 Å². The zero-order chi connectivity index (χ0) is 18.8. The molecule has 4 heterocycles. The van der Waals surface area contributed by atoms with E-state index < -0.39 is 0 Å². The second kappa shape index (κ2) is 7.74. The molecular weight excluding hydrogens is 366 g/mol. The first kappa shape index (κ1) is 18.1. The van der Waals surface area contributed by atoms with Gasteiger partial charge in [-0.25, -0.2) is 0 Å². The van der Waals surface area contributed by atoms with Gasteiger partial charge < -0.3 is 18.1 Å². The molecule has 1 atom stereocenters. The molecule has 0 aromatic carbocycles. The lowest BCUT2D eigenvalue weighted by Gasteiger charge is -2.14. The van der Waals surface area contributed by atoms with Crippen molar-refractivity contribution in [1.82, 2.24) is 14.8 Å². The number of furan rings is 1. The Bertz CT molecular complexity index is 923. The molecule has 0 spiro atoms. The fourth-order valence-corrected chi connectivity index (χ4v) is 3.98. The summed E-state index contributed by atoms with van der Waals surface area (Å²) < 4.78 is 18.7. The molecule has 0 bridgehead atoms. The average Bonchev–Trinajstić information content (AvgIpc) is 3.43. The van der Waals surface area contributed by atoms with Gasteiger partial charge in [-0.1, -0.05) is 11.8 Å². The first-order valence-electron chi connectivity index (χ1n) is 8.93. The topological polar surface area (TPSA) is 83.3 Å². The quantitative estimate of drug-likeness (QED) is 0.449. The van der Waals surface area contributed by atoms with E-state index in [1.807, 2.05) is 19.9 Å². The molecule has 0 radical (unpaired) electrons. The molecular formula is C19H21N3O4S. The molecule has 27 heavy (non-hydrogen) atoms. The van der Waals surface area contributed by atoms with Crippen LogP contribution in [0.2, 0.25) is 0 Å². The van der Waals surface area contributed by atoms with Gasteiger partial charge in [0, 0.05) is 30.1 Å². The number of carbonyl (C=O) groups excluding carboxylic acids is 1. The summed E-state index contributed by atoms with van der Waals surface area (Å²) in [5.41, 5.74) is 2.80. The van der Waals surface area contributed by atoms with E-state index in [0.29, 0.717) is 16.9 Å². The Kier molecular flexibility index (Phi) is 5.18. The van der Waals surface area contributed by atoms with E-state index >= 15 is 0 Å². The molecule has 1 fully saturated rings. The Morgan fingerprint density at radius 3 is 3.00 bits per heavy atom. The van der Waals surface area contributed by atoms with Crippen LogP contribution in [0, 0.1) is 13.8 Å². The van der Waals surface area contributed by atoms with Crippen molar-refractivity contribution in [2.75, 3.05) is 12.4 Å². The highest BCUT2D eigenvalue weighted by molar-refractivity contribution is 7.99. The number of rotatable bonds is 7. The fraction of sp³-hybridized carbons (Fsp3) is 0.421. The first-order valence-corrected chi connectivity index (χ1v) is 9.92. The van der Waals surface area contributed by atoms with Crippen LogP contribution in [0.3, 0.4) is 0 Å². The number of Topliss-reactive ketones (excluding diaryl/α,β-unsaturated/α-hetero) is 1. The Balaban J connectivity index is 1.41. The van der Waals surface area contributed by atoms with Crippen molar-refractivity contribution in [3.05, 3.63) is 41.4 Å². The molecule has 4 rings (SSSR count). The Morgan fingerprint density at radius 1 is 1.37 bits per heavy atom. The van der Waals surface area contributed by atoms with Crippen molar-refractivity contribution >= 4 is 17.5 Å². The van der Waals surface area contributed by atoms with Crippen LogP contribution in [0.5, 0.6) is 0 Å². The number of hydrogen-bond acceptors (Lipinski definition) is 7.